The number of rotatable bonds is 9. The summed E-state index contributed by atoms with van der Waals surface area (Å²) in [5.74, 6) is 1.33. The topological polar surface area (TPSA) is 65.7 Å². The third-order valence-corrected chi connectivity index (χ3v) is 9.24. The molecule has 0 saturated heterocycles. The number of tetrazole rings is 1. The molecule has 0 fully saturated rings. The zero-order chi connectivity index (χ0) is 33.9. The van der Waals surface area contributed by atoms with Gasteiger partial charge < -0.3 is 4.74 Å². The molecule has 2 aromatic heterocycles. The van der Waals surface area contributed by atoms with Crippen LogP contribution in [0.4, 0.5) is 0 Å². The fourth-order valence-corrected chi connectivity index (χ4v) is 6.84. The molecule has 0 saturated carbocycles. The summed E-state index contributed by atoms with van der Waals surface area (Å²) in [4.78, 5) is 6.47. The second-order valence-corrected chi connectivity index (χ2v) is 12.4. The van der Waals surface area contributed by atoms with E-state index in [-0.39, 0.29) is 6.10 Å². The Bertz CT molecular complexity index is 2280. The number of ether oxygens (including phenoxy) is 1. The van der Waals surface area contributed by atoms with Crippen molar-refractivity contribution in [3.63, 3.8) is 0 Å². The van der Waals surface area contributed by atoms with Crippen molar-refractivity contribution in [3.05, 3.63) is 198 Å². The molecular formula is C44H35N5O. The molecule has 0 aliphatic heterocycles. The van der Waals surface area contributed by atoms with Crippen molar-refractivity contribution in [1.29, 1.82) is 0 Å². The summed E-state index contributed by atoms with van der Waals surface area (Å²) in [5.41, 5.74) is 7.96. The van der Waals surface area contributed by atoms with Crippen molar-refractivity contribution in [2.75, 3.05) is 0 Å². The molecule has 0 bridgehead atoms. The molecule has 2 heterocycles. The molecule has 0 N–H and O–H groups in total. The fraction of sp³-hybridized carbons (Fsp3) is 0.0909. The monoisotopic (exact) mass is 649 g/mol. The Balaban J connectivity index is 1.29. The Morgan fingerprint density at radius 2 is 1.16 bits per heavy atom. The van der Waals surface area contributed by atoms with Crippen LogP contribution < -0.4 is 4.74 Å². The van der Waals surface area contributed by atoms with Gasteiger partial charge in [-0.2, -0.15) is 0 Å². The number of para-hydroxylation sites is 1. The third-order valence-electron chi connectivity index (χ3n) is 9.24. The normalized spacial score (nSPS) is 12.1. The predicted octanol–water partition coefficient (Wildman–Crippen LogP) is 9.84. The summed E-state index contributed by atoms with van der Waals surface area (Å²) in [7, 11) is 0. The van der Waals surface area contributed by atoms with Gasteiger partial charge in [0.15, 0.2) is 5.54 Å². The highest BCUT2D eigenvalue weighted by molar-refractivity contribution is 5.85. The van der Waals surface area contributed by atoms with Crippen LogP contribution in [0.2, 0.25) is 0 Å². The maximum absolute atomic E-state index is 6.66. The number of benzene rings is 6. The Kier molecular flexibility index (Phi) is 8.19. The number of aromatic nitrogens is 5. The highest BCUT2D eigenvalue weighted by atomic mass is 16.5. The number of fused-ring (bicyclic) bond motifs is 1. The van der Waals surface area contributed by atoms with Gasteiger partial charge in [0.2, 0.25) is 5.82 Å². The first kappa shape index (κ1) is 30.9. The van der Waals surface area contributed by atoms with Gasteiger partial charge in [-0.25, -0.2) is 0 Å². The van der Waals surface area contributed by atoms with Gasteiger partial charge in [0.1, 0.15) is 11.9 Å². The molecule has 6 nitrogen and oxygen atoms in total. The quantitative estimate of drug-likeness (QED) is 0.146. The molecule has 242 valence electrons. The van der Waals surface area contributed by atoms with Crippen LogP contribution in [0.25, 0.3) is 33.4 Å². The number of aryl methyl sites for hydroxylation is 1. The lowest BCUT2D eigenvalue weighted by molar-refractivity contribution is 0.230. The Morgan fingerprint density at radius 1 is 0.600 bits per heavy atom. The van der Waals surface area contributed by atoms with Crippen LogP contribution in [0.5, 0.6) is 5.75 Å². The molecule has 6 heteroatoms. The van der Waals surface area contributed by atoms with Crippen LogP contribution >= 0.6 is 0 Å². The molecule has 8 aromatic rings. The van der Waals surface area contributed by atoms with Crippen LogP contribution in [0.15, 0.2) is 170 Å². The van der Waals surface area contributed by atoms with Crippen LogP contribution in [0.1, 0.15) is 41.0 Å². The van der Waals surface area contributed by atoms with E-state index in [9.17, 15) is 0 Å². The second-order valence-electron chi connectivity index (χ2n) is 12.4. The fourth-order valence-electron chi connectivity index (χ4n) is 6.84. The summed E-state index contributed by atoms with van der Waals surface area (Å²) in [6, 6.07) is 58.0. The zero-order valence-electron chi connectivity index (χ0n) is 27.9. The molecule has 0 spiro atoms. The van der Waals surface area contributed by atoms with E-state index in [2.05, 4.69) is 116 Å². The van der Waals surface area contributed by atoms with E-state index in [0.717, 1.165) is 61.3 Å². The third kappa shape index (κ3) is 5.61. The van der Waals surface area contributed by atoms with E-state index < -0.39 is 5.54 Å². The number of hydrogen-bond acceptors (Lipinski definition) is 5. The van der Waals surface area contributed by atoms with Crippen molar-refractivity contribution in [3.8, 4) is 28.3 Å². The summed E-state index contributed by atoms with van der Waals surface area (Å²) in [6.07, 6.45) is -0.268. The molecule has 6 aromatic carbocycles. The van der Waals surface area contributed by atoms with Gasteiger partial charge in [0.05, 0.1) is 5.52 Å². The first-order valence-corrected chi connectivity index (χ1v) is 16.8. The molecule has 1 atom stereocenters. The minimum atomic E-state index is -0.879. The standard InChI is InChI=1S/C44H35N5O/c1-31-29-42(39-25-15-16-26-41(39)45-31)50-32(2)34-27-28-38(33-17-7-3-8-18-33)40(30-34)43-46-48-49(47-43)44(35-19-9-4-10-20-35,36-21-11-5-12-22-36)37-23-13-6-14-24-37/h3-30,32H,1-2H3. The van der Waals surface area contributed by atoms with E-state index >= 15 is 0 Å². The summed E-state index contributed by atoms with van der Waals surface area (Å²) >= 11 is 0. The van der Waals surface area contributed by atoms with Crippen molar-refractivity contribution >= 4 is 10.9 Å². The predicted molar refractivity (Wildman–Crippen MR) is 199 cm³/mol. The lowest BCUT2D eigenvalue weighted by Crippen LogP contribution is -2.39. The summed E-state index contributed by atoms with van der Waals surface area (Å²) in [5, 5.41) is 15.9. The lowest BCUT2D eigenvalue weighted by atomic mass is 9.77. The number of pyridine rings is 1. The first-order valence-electron chi connectivity index (χ1n) is 16.8. The largest absolute Gasteiger partial charge is 0.485 e. The zero-order valence-corrected chi connectivity index (χ0v) is 27.9. The Morgan fingerprint density at radius 3 is 1.78 bits per heavy atom. The van der Waals surface area contributed by atoms with Crippen LogP contribution in [0, 0.1) is 6.92 Å². The molecule has 8 rings (SSSR count). The smallest absolute Gasteiger partial charge is 0.205 e. The van der Waals surface area contributed by atoms with Gasteiger partial charge >= 0.3 is 0 Å². The van der Waals surface area contributed by atoms with E-state index in [1.54, 1.807) is 4.80 Å². The van der Waals surface area contributed by atoms with Gasteiger partial charge in [-0.1, -0.05) is 146 Å². The number of hydrogen-bond donors (Lipinski definition) is 0. The first-order chi connectivity index (χ1) is 24.6. The van der Waals surface area contributed by atoms with Crippen LogP contribution in [-0.4, -0.2) is 25.2 Å². The highest BCUT2D eigenvalue weighted by Crippen LogP contribution is 2.41. The molecule has 0 amide bonds. The van der Waals surface area contributed by atoms with E-state index in [1.807, 2.05) is 67.6 Å². The second kappa shape index (κ2) is 13.2. The summed E-state index contributed by atoms with van der Waals surface area (Å²) in [6.45, 7) is 4.06. The van der Waals surface area contributed by atoms with Gasteiger partial charge in [-0.15, -0.1) is 15.0 Å². The van der Waals surface area contributed by atoms with Gasteiger partial charge in [-0.05, 0) is 70.6 Å². The Labute approximate surface area is 291 Å². The molecule has 0 aliphatic carbocycles. The molecule has 0 aliphatic rings. The van der Waals surface area contributed by atoms with E-state index in [1.165, 1.54) is 0 Å². The molecular weight excluding hydrogens is 615 g/mol. The van der Waals surface area contributed by atoms with Crippen LogP contribution in [-0.2, 0) is 5.54 Å². The highest BCUT2D eigenvalue weighted by Gasteiger charge is 2.41. The molecule has 50 heavy (non-hydrogen) atoms. The van der Waals surface area contributed by atoms with Gasteiger partial charge in [0.25, 0.3) is 0 Å². The minimum absolute atomic E-state index is 0.268. The Hall–Kier alpha value is -6.40. The van der Waals surface area contributed by atoms with Gasteiger partial charge in [-0.3, -0.25) is 4.98 Å². The lowest BCUT2D eigenvalue weighted by Gasteiger charge is -2.34. The van der Waals surface area contributed by atoms with E-state index in [0.29, 0.717) is 5.82 Å². The molecule has 1 unspecified atom stereocenters. The number of nitrogens with zero attached hydrogens (tertiary/aromatic N) is 5. The maximum atomic E-state index is 6.66. The average Bonchev–Trinajstić information content (AvgIpc) is 3.67. The van der Waals surface area contributed by atoms with Gasteiger partial charge in [0, 0.05) is 22.7 Å². The maximum Gasteiger partial charge on any atom is 0.205 e. The van der Waals surface area contributed by atoms with Crippen LogP contribution in [0.3, 0.4) is 0 Å². The minimum Gasteiger partial charge on any atom is -0.485 e. The van der Waals surface area contributed by atoms with Crippen molar-refractivity contribution in [1.82, 2.24) is 25.2 Å². The van der Waals surface area contributed by atoms with E-state index in [4.69, 9.17) is 25.1 Å². The SMILES string of the molecule is Cc1cc(OC(C)c2ccc(-c3ccccc3)c(-c3nnn(C(c4ccccc4)(c4ccccc4)c4ccccc4)n3)c2)c2ccccc2n1. The average molecular weight is 650 g/mol. The van der Waals surface area contributed by atoms with Crippen molar-refractivity contribution in [2.45, 2.75) is 25.5 Å². The van der Waals surface area contributed by atoms with Crippen molar-refractivity contribution < 1.29 is 4.74 Å². The molecule has 0 radical (unpaired) electrons. The summed E-state index contributed by atoms with van der Waals surface area (Å²) < 4.78 is 6.66. The van der Waals surface area contributed by atoms with Crippen molar-refractivity contribution in [2.24, 2.45) is 0 Å².